The highest BCUT2D eigenvalue weighted by atomic mass is 35.5. The lowest BCUT2D eigenvalue weighted by atomic mass is 9.97. The Labute approximate surface area is 109 Å². The molecule has 0 spiro atoms. The van der Waals surface area contributed by atoms with Crippen molar-refractivity contribution in [2.24, 2.45) is 5.73 Å². The standard InChI is InChI=1S/C13H13ClFNS/c14-11-3-1-4-12(15)10(11)7-9(8-16)13-5-2-6-17-13/h1-6,9H,7-8,16H2. The molecule has 4 heteroatoms. The summed E-state index contributed by atoms with van der Waals surface area (Å²) in [4.78, 5) is 1.17. The molecule has 1 aromatic carbocycles. The summed E-state index contributed by atoms with van der Waals surface area (Å²) in [6.07, 6.45) is 0.544. The van der Waals surface area contributed by atoms with E-state index in [2.05, 4.69) is 0 Å². The molecule has 0 saturated heterocycles. The Kier molecular flexibility index (Phi) is 4.15. The molecular formula is C13H13ClFNS. The van der Waals surface area contributed by atoms with E-state index in [4.69, 9.17) is 17.3 Å². The van der Waals surface area contributed by atoms with E-state index in [1.807, 2.05) is 17.5 Å². The molecule has 1 atom stereocenters. The summed E-state index contributed by atoms with van der Waals surface area (Å²) in [5.41, 5.74) is 6.31. The molecule has 1 unspecified atom stereocenters. The summed E-state index contributed by atoms with van der Waals surface area (Å²) in [6, 6.07) is 8.76. The van der Waals surface area contributed by atoms with Crippen LogP contribution >= 0.6 is 22.9 Å². The van der Waals surface area contributed by atoms with Gasteiger partial charge < -0.3 is 5.73 Å². The number of thiophene rings is 1. The van der Waals surface area contributed by atoms with Crippen molar-refractivity contribution in [2.45, 2.75) is 12.3 Å². The van der Waals surface area contributed by atoms with Crippen LogP contribution in [0.15, 0.2) is 35.7 Å². The normalized spacial score (nSPS) is 12.6. The van der Waals surface area contributed by atoms with Crippen LogP contribution in [-0.4, -0.2) is 6.54 Å². The van der Waals surface area contributed by atoms with Crippen molar-refractivity contribution in [3.63, 3.8) is 0 Å². The van der Waals surface area contributed by atoms with Gasteiger partial charge in [0.2, 0.25) is 0 Å². The van der Waals surface area contributed by atoms with Crippen molar-refractivity contribution >= 4 is 22.9 Å². The van der Waals surface area contributed by atoms with Crippen LogP contribution in [0.1, 0.15) is 16.4 Å². The van der Waals surface area contributed by atoms with Gasteiger partial charge in [-0.2, -0.15) is 0 Å². The highest BCUT2D eigenvalue weighted by Gasteiger charge is 2.16. The minimum absolute atomic E-state index is 0.129. The molecule has 0 radical (unpaired) electrons. The highest BCUT2D eigenvalue weighted by Crippen LogP contribution is 2.28. The van der Waals surface area contributed by atoms with Gasteiger partial charge in [-0.05, 0) is 30.0 Å². The lowest BCUT2D eigenvalue weighted by Crippen LogP contribution is -2.14. The Hall–Kier alpha value is -0.900. The molecule has 0 aliphatic rings. The summed E-state index contributed by atoms with van der Waals surface area (Å²) in [7, 11) is 0. The summed E-state index contributed by atoms with van der Waals surface area (Å²) in [5, 5.41) is 2.47. The molecule has 2 aromatic rings. The topological polar surface area (TPSA) is 26.0 Å². The number of benzene rings is 1. The van der Waals surface area contributed by atoms with Crippen molar-refractivity contribution in [2.75, 3.05) is 6.54 Å². The van der Waals surface area contributed by atoms with Crippen LogP contribution < -0.4 is 5.73 Å². The molecule has 1 heterocycles. The summed E-state index contributed by atoms with van der Waals surface area (Å²) in [5.74, 6) is -0.128. The Morgan fingerprint density at radius 1 is 1.29 bits per heavy atom. The second-order valence-electron chi connectivity index (χ2n) is 3.85. The maximum absolute atomic E-state index is 13.7. The molecule has 2 N–H and O–H groups in total. The zero-order chi connectivity index (χ0) is 12.3. The lowest BCUT2D eigenvalue weighted by molar-refractivity contribution is 0.592. The van der Waals surface area contributed by atoms with Gasteiger partial charge in [0.05, 0.1) is 0 Å². The molecule has 0 aliphatic carbocycles. The maximum atomic E-state index is 13.7. The monoisotopic (exact) mass is 269 g/mol. The first-order chi connectivity index (χ1) is 8.22. The molecular weight excluding hydrogens is 257 g/mol. The van der Waals surface area contributed by atoms with Crippen LogP contribution in [0, 0.1) is 5.82 Å². The smallest absolute Gasteiger partial charge is 0.127 e. The van der Waals surface area contributed by atoms with Gasteiger partial charge in [0.1, 0.15) is 5.82 Å². The van der Waals surface area contributed by atoms with Crippen LogP contribution in [0.4, 0.5) is 4.39 Å². The molecule has 0 saturated carbocycles. The van der Waals surface area contributed by atoms with Gasteiger partial charge in [0.15, 0.2) is 0 Å². The maximum Gasteiger partial charge on any atom is 0.127 e. The summed E-state index contributed by atoms with van der Waals surface area (Å²) >= 11 is 7.66. The zero-order valence-electron chi connectivity index (χ0n) is 9.20. The van der Waals surface area contributed by atoms with Crippen molar-refractivity contribution in [1.29, 1.82) is 0 Å². The molecule has 0 fully saturated rings. The van der Waals surface area contributed by atoms with Gasteiger partial charge >= 0.3 is 0 Å². The minimum Gasteiger partial charge on any atom is -0.330 e. The van der Waals surface area contributed by atoms with Crippen molar-refractivity contribution in [3.05, 3.63) is 57.0 Å². The fourth-order valence-electron chi connectivity index (χ4n) is 1.80. The zero-order valence-corrected chi connectivity index (χ0v) is 10.8. The van der Waals surface area contributed by atoms with E-state index < -0.39 is 0 Å². The third-order valence-corrected chi connectivity index (χ3v) is 4.13. The van der Waals surface area contributed by atoms with E-state index in [9.17, 15) is 4.39 Å². The molecule has 1 nitrogen and oxygen atoms in total. The van der Waals surface area contributed by atoms with Gasteiger partial charge in [0.25, 0.3) is 0 Å². The van der Waals surface area contributed by atoms with E-state index >= 15 is 0 Å². The SMILES string of the molecule is NCC(Cc1c(F)cccc1Cl)c1cccs1. The van der Waals surface area contributed by atoms with Crippen molar-refractivity contribution in [1.82, 2.24) is 0 Å². The fraction of sp³-hybridized carbons (Fsp3) is 0.231. The number of rotatable bonds is 4. The molecule has 90 valence electrons. The van der Waals surface area contributed by atoms with E-state index in [-0.39, 0.29) is 11.7 Å². The summed E-state index contributed by atoms with van der Waals surface area (Å²) in [6.45, 7) is 0.491. The highest BCUT2D eigenvalue weighted by molar-refractivity contribution is 7.10. The quantitative estimate of drug-likeness (QED) is 0.897. The Morgan fingerprint density at radius 2 is 2.12 bits per heavy atom. The molecule has 1 aromatic heterocycles. The Morgan fingerprint density at radius 3 is 2.71 bits per heavy atom. The van der Waals surface area contributed by atoms with E-state index in [1.165, 1.54) is 10.9 Å². The van der Waals surface area contributed by atoms with Crippen LogP contribution in [-0.2, 0) is 6.42 Å². The summed E-state index contributed by atoms with van der Waals surface area (Å²) < 4.78 is 13.7. The predicted octanol–water partition coefficient (Wildman–Crippen LogP) is 3.83. The van der Waals surface area contributed by atoms with E-state index in [0.717, 1.165) is 0 Å². The van der Waals surface area contributed by atoms with Gasteiger partial charge in [-0.3, -0.25) is 0 Å². The third kappa shape index (κ3) is 2.86. The van der Waals surface area contributed by atoms with E-state index in [1.54, 1.807) is 23.5 Å². The van der Waals surface area contributed by atoms with Gasteiger partial charge in [-0.1, -0.05) is 23.7 Å². The first-order valence-corrected chi connectivity index (χ1v) is 6.64. The van der Waals surface area contributed by atoms with Crippen molar-refractivity contribution in [3.8, 4) is 0 Å². The number of hydrogen-bond donors (Lipinski definition) is 1. The minimum atomic E-state index is -0.257. The third-order valence-electron chi connectivity index (χ3n) is 2.74. The van der Waals surface area contributed by atoms with Crippen LogP contribution in [0.2, 0.25) is 5.02 Å². The molecule has 17 heavy (non-hydrogen) atoms. The molecule has 0 bridgehead atoms. The number of hydrogen-bond acceptors (Lipinski definition) is 2. The average Bonchev–Trinajstić information content (AvgIpc) is 2.82. The second kappa shape index (κ2) is 5.63. The van der Waals surface area contributed by atoms with Crippen LogP contribution in [0.5, 0.6) is 0 Å². The molecule has 0 aliphatic heterocycles. The second-order valence-corrected chi connectivity index (χ2v) is 5.24. The number of halogens is 2. The van der Waals surface area contributed by atoms with Crippen LogP contribution in [0.25, 0.3) is 0 Å². The van der Waals surface area contributed by atoms with Crippen LogP contribution in [0.3, 0.4) is 0 Å². The molecule has 0 amide bonds. The lowest BCUT2D eigenvalue weighted by Gasteiger charge is -2.14. The van der Waals surface area contributed by atoms with Crippen molar-refractivity contribution < 1.29 is 4.39 Å². The average molecular weight is 270 g/mol. The van der Waals surface area contributed by atoms with Gasteiger partial charge in [-0.25, -0.2) is 4.39 Å². The van der Waals surface area contributed by atoms with Gasteiger partial charge in [0, 0.05) is 27.9 Å². The predicted molar refractivity (Wildman–Crippen MR) is 71.2 cm³/mol. The largest absolute Gasteiger partial charge is 0.330 e. The fourth-order valence-corrected chi connectivity index (χ4v) is 2.88. The van der Waals surface area contributed by atoms with Gasteiger partial charge in [-0.15, -0.1) is 11.3 Å². The Bertz CT molecular complexity index is 464. The number of nitrogens with two attached hydrogens (primary N) is 1. The van der Waals surface area contributed by atoms with E-state index in [0.29, 0.717) is 23.6 Å². The first-order valence-electron chi connectivity index (χ1n) is 5.38. The molecule has 2 rings (SSSR count). The first kappa shape index (κ1) is 12.6. The Balaban J connectivity index is 2.25.